The van der Waals surface area contributed by atoms with E-state index in [4.69, 9.17) is 9.47 Å². The Morgan fingerprint density at radius 1 is 0.559 bits per heavy atom. The first-order valence-corrected chi connectivity index (χ1v) is 10.2. The Balaban J connectivity index is 1.36. The van der Waals surface area contributed by atoms with Gasteiger partial charge in [-0.15, -0.1) is 0 Å². The van der Waals surface area contributed by atoms with Crippen LogP contribution in [0.2, 0.25) is 0 Å². The van der Waals surface area contributed by atoms with E-state index in [0.29, 0.717) is 46.0 Å². The number of amides is 2. The zero-order chi connectivity index (χ0) is 23.9. The second kappa shape index (κ2) is 10.2. The zero-order valence-corrected chi connectivity index (χ0v) is 18.4. The Kier molecular flexibility index (Phi) is 6.68. The summed E-state index contributed by atoms with van der Waals surface area (Å²) in [6.45, 7) is 2.89. The van der Waals surface area contributed by atoms with Crippen molar-refractivity contribution in [1.29, 1.82) is 0 Å². The lowest BCUT2D eigenvalue weighted by Crippen LogP contribution is -2.05. The van der Waals surface area contributed by atoms with Gasteiger partial charge in [0.1, 0.15) is 11.5 Å². The maximum absolute atomic E-state index is 11.1. The molecule has 0 radical (unpaired) electrons. The molecule has 2 amide bonds. The average molecular weight is 456 g/mol. The third kappa shape index (κ3) is 6.10. The molecule has 170 valence electrons. The van der Waals surface area contributed by atoms with E-state index in [0.717, 1.165) is 0 Å². The number of hydrogen-bond donors (Lipinski definition) is 2. The van der Waals surface area contributed by atoms with Crippen LogP contribution in [0.5, 0.6) is 23.0 Å². The summed E-state index contributed by atoms with van der Waals surface area (Å²) in [4.78, 5) is 39.2. The number of rotatable bonds is 7. The highest BCUT2D eigenvalue weighted by Gasteiger charge is 2.08. The molecule has 10 nitrogen and oxygen atoms in total. The van der Waals surface area contributed by atoms with Gasteiger partial charge in [0, 0.05) is 25.2 Å². The van der Waals surface area contributed by atoms with Gasteiger partial charge in [-0.05, 0) is 48.5 Å². The molecule has 0 atom stereocenters. The highest BCUT2D eigenvalue weighted by molar-refractivity contribution is 5.89. The van der Waals surface area contributed by atoms with Crippen molar-refractivity contribution < 1.29 is 19.1 Å². The third-order valence-corrected chi connectivity index (χ3v) is 4.28. The highest BCUT2D eigenvalue weighted by Crippen LogP contribution is 2.24. The first kappa shape index (κ1) is 22.3. The summed E-state index contributed by atoms with van der Waals surface area (Å²) >= 11 is 0. The van der Waals surface area contributed by atoms with Crippen molar-refractivity contribution in [1.82, 2.24) is 19.9 Å². The van der Waals surface area contributed by atoms with Crippen molar-refractivity contribution in [2.24, 2.45) is 0 Å². The van der Waals surface area contributed by atoms with Crippen LogP contribution in [0.4, 0.5) is 11.4 Å². The first-order chi connectivity index (χ1) is 16.4. The van der Waals surface area contributed by atoms with E-state index in [1.807, 2.05) is 0 Å². The number of nitrogens with zero attached hydrogens (tertiary/aromatic N) is 4. The van der Waals surface area contributed by atoms with Crippen molar-refractivity contribution >= 4 is 23.2 Å². The number of carbonyl (C=O) groups excluding carboxylic acids is 2. The molecule has 2 N–H and O–H groups in total. The van der Waals surface area contributed by atoms with Crippen molar-refractivity contribution in [3.8, 4) is 34.6 Å². The van der Waals surface area contributed by atoms with Crippen molar-refractivity contribution in [3.63, 3.8) is 0 Å². The standard InChI is InChI=1S/C24H20N6O4/c1-15(31)29-17-3-7-19(8-4-17)33-21-11-25-23(26-12-21)24-27-13-22(14-28-24)34-20-9-5-18(6-10-20)30-16(2)32/h3-14H,1-2H3,(H,29,31)(H,30,32). The van der Waals surface area contributed by atoms with Gasteiger partial charge in [-0.3, -0.25) is 9.59 Å². The van der Waals surface area contributed by atoms with E-state index in [1.165, 1.54) is 38.6 Å². The van der Waals surface area contributed by atoms with Gasteiger partial charge >= 0.3 is 0 Å². The number of hydrogen-bond acceptors (Lipinski definition) is 8. The molecule has 2 heterocycles. The summed E-state index contributed by atoms with van der Waals surface area (Å²) in [7, 11) is 0. The fraction of sp³-hybridized carbons (Fsp3) is 0.0833. The largest absolute Gasteiger partial charge is 0.454 e. The molecule has 34 heavy (non-hydrogen) atoms. The fourth-order valence-corrected chi connectivity index (χ4v) is 2.86. The van der Waals surface area contributed by atoms with E-state index < -0.39 is 0 Å². The van der Waals surface area contributed by atoms with Crippen LogP contribution in [0.15, 0.2) is 73.3 Å². The summed E-state index contributed by atoms with van der Waals surface area (Å²) in [6.07, 6.45) is 6.09. The molecule has 0 fully saturated rings. The quantitative estimate of drug-likeness (QED) is 0.418. The lowest BCUT2D eigenvalue weighted by Gasteiger charge is -2.08. The first-order valence-electron chi connectivity index (χ1n) is 10.2. The van der Waals surface area contributed by atoms with Crippen LogP contribution in [-0.2, 0) is 9.59 Å². The van der Waals surface area contributed by atoms with Crippen LogP contribution in [0, 0.1) is 0 Å². The van der Waals surface area contributed by atoms with Crippen LogP contribution in [-0.4, -0.2) is 31.8 Å². The van der Waals surface area contributed by atoms with Gasteiger partial charge in [-0.25, -0.2) is 19.9 Å². The lowest BCUT2D eigenvalue weighted by atomic mass is 10.3. The van der Waals surface area contributed by atoms with Crippen LogP contribution in [0.25, 0.3) is 11.6 Å². The number of carbonyl (C=O) groups is 2. The molecular weight excluding hydrogens is 436 g/mol. The van der Waals surface area contributed by atoms with E-state index in [-0.39, 0.29) is 11.8 Å². The van der Waals surface area contributed by atoms with Crippen LogP contribution in [0.3, 0.4) is 0 Å². The molecule has 4 aromatic rings. The number of benzene rings is 2. The Morgan fingerprint density at radius 2 is 0.882 bits per heavy atom. The molecule has 0 aliphatic rings. The van der Waals surface area contributed by atoms with E-state index in [9.17, 15) is 9.59 Å². The predicted octanol–water partition coefficient (Wildman–Crippen LogP) is 4.44. The molecule has 0 spiro atoms. The monoisotopic (exact) mass is 456 g/mol. The minimum absolute atomic E-state index is 0.142. The molecule has 10 heteroatoms. The highest BCUT2D eigenvalue weighted by atomic mass is 16.5. The average Bonchev–Trinajstić information content (AvgIpc) is 2.82. The second-order valence-corrected chi connectivity index (χ2v) is 7.10. The van der Waals surface area contributed by atoms with E-state index >= 15 is 0 Å². The molecule has 2 aromatic heterocycles. The smallest absolute Gasteiger partial charge is 0.221 e. The van der Waals surface area contributed by atoms with Crippen molar-refractivity contribution in [2.45, 2.75) is 13.8 Å². The molecule has 0 aliphatic heterocycles. The maximum Gasteiger partial charge on any atom is 0.221 e. The Bertz CT molecular complexity index is 1170. The Labute approximate surface area is 195 Å². The number of anilines is 2. The SMILES string of the molecule is CC(=O)Nc1ccc(Oc2cnc(-c3ncc(Oc4ccc(NC(C)=O)cc4)cn3)nc2)cc1. The van der Waals surface area contributed by atoms with Gasteiger partial charge in [-0.1, -0.05) is 0 Å². The topological polar surface area (TPSA) is 128 Å². The molecular formula is C24H20N6O4. The number of nitrogens with one attached hydrogen (secondary N) is 2. The van der Waals surface area contributed by atoms with Gasteiger partial charge in [-0.2, -0.15) is 0 Å². The molecule has 0 saturated carbocycles. The molecule has 4 rings (SSSR count). The molecule has 0 aliphatic carbocycles. The fourth-order valence-electron chi connectivity index (χ4n) is 2.86. The van der Waals surface area contributed by atoms with Gasteiger partial charge < -0.3 is 20.1 Å². The summed E-state index contributed by atoms with van der Waals surface area (Å²) in [6, 6.07) is 13.9. The molecule has 0 bridgehead atoms. The van der Waals surface area contributed by atoms with Crippen LogP contribution >= 0.6 is 0 Å². The van der Waals surface area contributed by atoms with E-state index in [1.54, 1.807) is 48.5 Å². The van der Waals surface area contributed by atoms with Crippen LogP contribution < -0.4 is 20.1 Å². The van der Waals surface area contributed by atoms with Crippen molar-refractivity contribution in [3.05, 3.63) is 73.3 Å². The minimum Gasteiger partial charge on any atom is -0.454 e. The lowest BCUT2D eigenvalue weighted by molar-refractivity contribution is -0.115. The van der Waals surface area contributed by atoms with E-state index in [2.05, 4.69) is 30.6 Å². The van der Waals surface area contributed by atoms with Gasteiger partial charge in [0.15, 0.2) is 23.1 Å². The Morgan fingerprint density at radius 3 is 1.18 bits per heavy atom. The van der Waals surface area contributed by atoms with Gasteiger partial charge in [0.25, 0.3) is 0 Å². The van der Waals surface area contributed by atoms with Crippen LogP contribution in [0.1, 0.15) is 13.8 Å². The summed E-state index contributed by atoms with van der Waals surface area (Å²) < 4.78 is 11.4. The third-order valence-electron chi connectivity index (χ3n) is 4.28. The second-order valence-electron chi connectivity index (χ2n) is 7.10. The molecule has 0 unspecified atom stereocenters. The van der Waals surface area contributed by atoms with Crippen molar-refractivity contribution in [2.75, 3.05) is 10.6 Å². The zero-order valence-electron chi connectivity index (χ0n) is 18.4. The summed E-state index contributed by atoms with van der Waals surface area (Å²) in [5.41, 5.74) is 1.36. The molecule has 2 aromatic carbocycles. The minimum atomic E-state index is -0.142. The normalized spacial score (nSPS) is 10.3. The summed E-state index contributed by atoms with van der Waals surface area (Å²) in [5, 5.41) is 5.38. The Hall–Kier alpha value is -4.86. The number of ether oxygens (including phenoxy) is 2. The summed E-state index contributed by atoms with van der Waals surface area (Å²) in [5.74, 6) is 2.42. The molecule has 0 saturated heterocycles. The maximum atomic E-state index is 11.1. The van der Waals surface area contributed by atoms with Gasteiger partial charge in [0.2, 0.25) is 11.8 Å². The predicted molar refractivity (Wildman–Crippen MR) is 125 cm³/mol. The number of aromatic nitrogens is 4. The van der Waals surface area contributed by atoms with Gasteiger partial charge in [0.05, 0.1) is 24.8 Å².